The molecule has 0 saturated heterocycles. The first kappa shape index (κ1) is 12.1. The predicted molar refractivity (Wildman–Crippen MR) is 73.7 cm³/mol. The highest BCUT2D eigenvalue weighted by atomic mass is 16.5. The van der Waals surface area contributed by atoms with E-state index in [9.17, 15) is 9.90 Å². The SMILES string of the molecule is COc1ccc(C(=O)NC2C3C4CCC(C4)C23)cc1O. The number of fused-ring (bicyclic) bond motifs is 5. The van der Waals surface area contributed by atoms with Gasteiger partial charge in [-0.3, -0.25) is 4.79 Å². The number of amides is 1. The lowest BCUT2D eigenvalue weighted by atomic mass is 10.0. The van der Waals surface area contributed by atoms with Crippen molar-refractivity contribution in [3.05, 3.63) is 23.8 Å². The van der Waals surface area contributed by atoms with Crippen LogP contribution in [0.2, 0.25) is 0 Å². The van der Waals surface area contributed by atoms with Crippen LogP contribution in [0.1, 0.15) is 29.6 Å². The highest BCUT2D eigenvalue weighted by molar-refractivity contribution is 5.95. The average Bonchev–Trinajstić information content (AvgIpc) is 2.84. The highest BCUT2D eigenvalue weighted by Gasteiger charge is 2.65. The molecule has 0 aromatic heterocycles. The Balaban J connectivity index is 1.45. The largest absolute Gasteiger partial charge is 0.504 e. The van der Waals surface area contributed by atoms with E-state index < -0.39 is 0 Å². The van der Waals surface area contributed by atoms with E-state index >= 15 is 0 Å². The molecule has 1 aromatic rings. The Bertz CT molecular complexity index is 555. The zero-order valence-electron chi connectivity index (χ0n) is 11.5. The lowest BCUT2D eigenvalue weighted by Gasteiger charge is -2.11. The number of aromatic hydroxyl groups is 1. The van der Waals surface area contributed by atoms with E-state index in [0.29, 0.717) is 17.4 Å². The van der Waals surface area contributed by atoms with Gasteiger partial charge >= 0.3 is 0 Å². The predicted octanol–water partition coefficient (Wildman–Crippen LogP) is 2.18. The third kappa shape index (κ3) is 1.63. The fraction of sp³-hybridized carbons (Fsp3) is 0.562. The van der Waals surface area contributed by atoms with Crippen LogP contribution in [0.3, 0.4) is 0 Å². The summed E-state index contributed by atoms with van der Waals surface area (Å²) in [7, 11) is 1.50. The van der Waals surface area contributed by atoms with Crippen LogP contribution in [0, 0.1) is 23.7 Å². The molecule has 1 amide bonds. The van der Waals surface area contributed by atoms with Crippen molar-refractivity contribution in [1.82, 2.24) is 5.32 Å². The van der Waals surface area contributed by atoms with Gasteiger partial charge in [0, 0.05) is 11.6 Å². The topological polar surface area (TPSA) is 58.6 Å². The number of benzene rings is 1. The smallest absolute Gasteiger partial charge is 0.251 e. The van der Waals surface area contributed by atoms with Crippen LogP contribution in [-0.4, -0.2) is 24.2 Å². The Kier molecular flexibility index (Phi) is 2.50. The number of carbonyl (C=O) groups excluding carboxylic acids is 1. The first-order valence-corrected chi connectivity index (χ1v) is 7.37. The molecule has 3 fully saturated rings. The van der Waals surface area contributed by atoms with Gasteiger partial charge in [0.25, 0.3) is 5.91 Å². The van der Waals surface area contributed by atoms with Crippen LogP contribution in [0.5, 0.6) is 11.5 Å². The zero-order chi connectivity index (χ0) is 13.9. The van der Waals surface area contributed by atoms with Crippen molar-refractivity contribution in [2.45, 2.75) is 25.3 Å². The summed E-state index contributed by atoms with van der Waals surface area (Å²) in [5.41, 5.74) is 0.501. The molecule has 3 aliphatic rings. The molecular weight excluding hydrogens is 254 g/mol. The van der Waals surface area contributed by atoms with Gasteiger partial charge in [0.2, 0.25) is 0 Å². The highest BCUT2D eigenvalue weighted by Crippen LogP contribution is 2.65. The molecule has 4 unspecified atom stereocenters. The Labute approximate surface area is 118 Å². The van der Waals surface area contributed by atoms with Crippen molar-refractivity contribution in [3.63, 3.8) is 0 Å². The number of phenolic OH excluding ortho intramolecular Hbond substituents is 1. The number of phenols is 1. The summed E-state index contributed by atoms with van der Waals surface area (Å²) in [5, 5.41) is 12.9. The van der Waals surface area contributed by atoms with Crippen molar-refractivity contribution in [3.8, 4) is 11.5 Å². The van der Waals surface area contributed by atoms with E-state index in [1.54, 1.807) is 12.1 Å². The van der Waals surface area contributed by atoms with E-state index in [4.69, 9.17) is 4.74 Å². The lowest BCUT2D eigenvalue weighted by Crippen LogP contribution is -2.29. The normalized spacial score (nSPS) is 36.5. The van der Waals surface area contributed by atoms with Crippen LogP contribution in [0.4, 0.5) is 0 Å². The molecule has 20 heavy (non-hydrogen) atoms. The Hall–Kier alpha value is -1.71. The average molecular weight is 273 g/mol. The lowest BCUT2D eigenvalue weighted by molar-refractivity contribution is 0.0944. The number of hydrogen-bond acceptors (Lipinski definition) is 3. The van der Waals surface area contributed by atoms with Crippen LogP contribution in [0.25, 0.3) is 0 Å². The molecule has 4 rings (SSSR count). The second-order valence-electron chi connectivity index (χ2n) is 6.37. The quantitative estimate of drug-likeness (QED) is 0.887. The Morgan fingerprint density at radius 1 is 1.30 bits per heavy atom. The van der Waals surface area contributed by atoms with Gasteiger partial charge in [0.1, 0.15) is 0 Å². The molecule has 2 bridgehead atoms. The number of ether oxygens (including phenoxy) is 1. The van der Waals surface area contributed by atoms with E-state index in [2.05, 4.69) is 5.32 Å². The Morgan fingerprint density at radius 3 is 2.60 bits per heavy atom. The summed E-state index contributed by atoms with van der Waals surface area (Å²) in [4.78, 5) is 12.2. The second kappa shape index (κ2) is 4.14. The molecule has 4 atom stereocenters. The molecule has 2 N–H and O–H groups in total. The molecule has 0 heterocycles. The minimum absolute atomic E-state index is 0.0104. The van der Waals surface area contributed by atoms with Crippen molar-refractivity contribution in [2.75, 3.05) is 7.11 Å². The molecule has 0 aliphatic heterocycles. The molecule has 4 heteroatoms. The van der Waals surface area contributed by atoms with Crippen LogP contribution in [0.15, 0.2) is 18.2 Å². The summed E-state index contributed by atoms with van der Waals surface area (Å²) in [6, 6.07) is 5.17. The number of methoxy groups -OCH3 is 1. The summed E-state index contributed by atoms with van der Waals surface area (Å²) in [6.07, 6.45) is 4.08. The number of carbonyl (C=O) groups is 1. The first-order valence-electron chi connectivity index (χ1n) is 7.37. The van der Waals surface area contributed by atoms with Gasteiger partial charge < -0.3 is 15.2 Å². The van der Waals surface area contributed by atoms with Gasteiger partial charge in [-0.15, -0.1) is 0 Å². The standard InChI is InChI=1S/C16H19NO3/c1-20-12-5-4-10(7-11(12)18)16(19)17-15-13-8-2-3-9(6-8)14(13)15/h4-5,7-9,13-15,18H,2-3,6H2,1H3,(H,17,19). The molecule has 1 aromatic carbocycles. The molecule has 106 valence electrons. The van der Waals surface area contributed by atoms with Gasteiger partial charge in [-0.1, -0.05) is 0 Å². The van der Waals surface area contributed by atoms with Gasteiger partial charge in [-0.25, -0.2) is 0 Å². The maximum atomic E-state index is 12.2. The fourth-order valence-corrected chi connectivity index (χ4v) is 4.58. The van der Waals surface area contributed by atoms with Gasteiger partial charge in [-0.05, 0) is 61.1 Å². The second-order valence-corrected chi connectivity index (χ2v) is 6.37. The maximum absolute atomic E-state index is 12.2. The van der Waals surface area contributed by atoms with E-state index in [1.165, 1.54) is 32.4 Å². The van der Waals surface area contributed by atoms with E-state index in [1.807, 2.05) is 0 Å². The van der Waals surface area contributed by atoms with Crippen molar-refractivity contribution in [1.29, 1.82) is 0 Å². The zero-order valence-corrected chi connectivity index (χ0v) is 11.5. The molecule has 0 radical (unpaired) electrons. The minimum atomic E-state index is -0.0817. The number of hydrogen-bond donors (Lipinski definition) is 2. The van der Waals surface area contributed by atoms with E-state index in [-0.39, 0.29) is 11.7 Å². The Morgan fingerprint density at radius 2 is 2.00 bits per heavy atom. The molecule has 0 spiro atoms. The van der Waals surface area contributed by atoms with Gasteiger partial charge in [-0.2, -0.15) is 0 Å². The molecular formula is C16H19NO3. The van der Waals surface area contributed by atoms with Crippen LogP contribution in [-0.2, 0) is 0 Å². The van der Waals surface area contributed by atoms with Crippen LogP contribution < -0.4 is 10.1 Å². The first-order chi connectivity index (χ1) is 9.69. The van der Waals surface area contributed by atoms with Crippen molar-refractivity contribution >= 4 is 5.91 Å². The fourth-order valence-electron chi connectivity index (χ4n) is 4.58. The van der Waals surface area contributed by atoms with E-state index in [0.717, 1.165) is 23.7 Å². The van der Waals surface area contributed by atoms with Gasteiger partial charge in [0.15, 0.2) is 11.5 Å². The summed E-state index contributed by atoms with van der Waals surface area (Å²) in [6.45, 7) is 0. The van der Waals surface area contributed by atoms with Crippen LogP contribution >= 0.6 is 0 Å². The minimum Gasteiger partial charge on any atom is -0.504 e. The third-order valence-electron chi connectivity index (χ3n) is 5.47. The molecule has 3 aliphatic carbocycles. The third-order valence-corrected chi connectivity index (χ3v) is 5.47. The number of rotatable bonds is 3. The summed E-state index contributed by atoms with van der Waals surface area (Å²) >= 11 is 0. The molecule has 3 saturated carbocycles. The van der Waals surface area contributed by atoms with Crippen molar-refractivity contribution in [2.24, 2.45) is 23.7 Å². The van der Waals surface area contributed by atoms with Crippen molar-refractivity contribution < 1.29 is 14.6 Å². The number of nitrogens with one attached hydrogen (secondary N) is 1. The maximum Gasteiger partial charge on any atom is 0.251 e. The molecule has 4 nitrogen and oxygen atoms in total. The summed E-state index contributed by atoms with van der Waals surface area (Å²) < 4.78 is 4.99. The monoisotopic (exact) mass is 273 g/mol. The summed E-state index contributed by atoms with van der Waals surface area (Å²) in [5.74, 6) is 3.47. The van der Waals surface area contributed by atoms with Gasteiger partial charge in [0.05, 0.1) is 7.11 Å².